The average molecular weight is 334 g/mol. The van der Waals surface area contributed by atoms with E-state index in [4.69, 9.17) is 0 Å². The topological polar surface area (TPSA) is 63.1 Å². The molecule has 0 unspecified atom stereocenters. The molecule has 0 spiro atoms. The molecule has 2 aromatic heterocycles. The number of rotatable bonds is 3. The molecule has 0 amide bonds. The van der Waals surface area contributed by atoms with Crippen molar-refractivity contribution in [1.82, 2.24) is 9.97 Å². The molecule has 0 fully saturated rings. The Hall–Kier alpha value is -1.40. The molecular formula is C16H18N2O2S2. The van der Waals surface area contributed by atoms with Crippen molar-refractivity contribution >= 4 is 39.1 Å². The van der Waals surface area contributed by atoms with Crippen LogP contribution < -0.4 is 0 Å². The quantitative estimate of drug-likeness (QED) is 0.393. The van der Waals surface area contributed by atoms with Crippen molar-refractivity contribution in [2.45, 2.75) is 45.1 Å². The van der Waals surface area contributed by atoms with Crippen LogP contribution in [0.1, 0.15) is 37.6 Å². The Labute approximate surface area is 137 Å². The molecule has 3 rings (SSSR count). The van der Waals surface area contributed by atoms with Crippen molar-refractivity contribution in [3.63, 3.8) is 0 Å². The monoisotopic (exact) mass is 334 g/mol. The second kappa shape index (κ2) is 6.01. The van der Waals surface area contributed by atoms with Crippen molar-refractivity contribution in [2.24, 2.45) is 5.92 Å². The zero-order valence-electron chi connectivity index (χ0n) is 12.8. The molecule has 1 N–H and O–H groups in total. The second-order valence-corrected chi connectivity index (χ2v) is 7.87. The Bertz CT molecular complexity index is 776. The van der Waals surface area contributed by atoms with Gasteiger partial charge in [0.25, 0.3) is 0 Å². The predicted molar refractivity (Wildman–Crippen MR) is 90.5 cm³/mol. The van der Waals surface area contributed by atoms with Gasteiger partial charge in [0.2, 0.25) is 0 Å². The zero-order valence-corrected chi connectivity index (χ0v) is 14.5. The Kier molecular flexibility index (Phi) is 4.23. The highest BCUT2D eigenvalue weighted by atomic mass is 32.2. The van der Waals surface area contributed by atoms with E-state index < -0.39 is 0 Å². The lowest BCUT2D eigenvalue weighted by Crippen LogP contribution is -2.08. The minimum atomic E-state index is -0.144. The SMILES string of the molecule is CC(=O)/C(Sc1ncnc2sc3c(c12)CC[C@@H](C)C3)=C(\C)O. The minimum absolute atomic E-state index is 0.0435. The van der Waals surface area contributed by atoms with E-state index >= 15 is 0 Å². The number of hydrogen-bond acceptors (Lipinski definition) is 6. The van der Waals surface area contributed by atoms with Gasteiger partial charge in [0, 0.05) is 10.3 Å². The lowest BCUT2D eigenvalue weighted by molar-refractivity contribution is -0.113. The van der Waals surface area contributed by atoms with Gasteiger partial charge < -0.3 is 5.11 Å². The molecule has 22 heavy (non-hydrogen) atoms. The van der Waals surface area contributed by atoms with E-state index in [2.05, 4.69) is 16.9 Å². The van der Waals surface area contributed by atoms with Crippen LogP contribution in [0.25, 0.3) is 10.2 Å². The Balaban J connectivity index is 2.11. The van der Waals surface area contributed by atoms with Crippen LogP contribution in [0.5, 0.6) is 0 Å². The maximum absolute atomic E-state index is 11.7. The van der Waals surface area contributed by atoms with Crippen molar-refractivity contribution in [1.29, 1.82) is 0 Å². The van der Waals surface area contributed by atoms with Gasteiger partial charge in [-0.1, -0.05) is 18.7 Å². The van der Waals surface area contributed by atoms with Crippen LogP contribution in [0.15, 0.2) is 22.0 Å². The first-order valence-electron chi connectivity index (χ1n) is 7.31. The van der Waals surface area contributed by atoms with E-state index in [0.717, 1.165) is 28.1 Å². The first-order chi connectivity index (χ1) is 10.5. The molecule has 0 bridgehead atoms. The highest BCUT2D eigenvalue weighted by Crippen LogP contribution is 2.42. The number of aryl methyl sites for hydroxylation is 1. The fourth-order valence-corrected chi connectivity index (χ4v) is 5.14. The molecule has 2 heterocycles. The number of aromatic nitrogens is 2. The summed E-state index contributed by atoms with van der Waals surface area (Å²) in [5, 5.41) is 11.6. The summed E-state index contributed by atoms with van der Waals surface area (Å²) in [4.78, 5) is 23.2. The summed E-state index contributed by atoms with van der Waals surface area (Å²) in [5.41, 5.74) is 1.33. The molecule has 0 radical (unpaired) electrons. The van der Waals surface area contributed by atoms with E-state index in [1.165, 1.54) is 42.5 Å². The van der Waals surface area contributed by atoms with Crippen LogP contribution in [0, 0.1) is 5.92 Å². The highest BCUT2D eigenvalue weighted by Gasteiger charge is 2.24. The molecule has 0 saturated carbocycles. The van der Waals surface area contributed by atoms with Crippen LogP contribution in [0.4, 0.5) is 0 Å². The Morgan fingerprint density at radius 2 is 2.18 bits per heavy atom. The molecule has 1 aliphatic rings. The lowest BCUT2D eigenvalue weighted by Gasteiger charge is -2.18. The number of fused-ring (bicyclic) bond motifs is 3. The predicted octanol–water partition coefficient (Wildman–Crippen LogP) is 4.29. The third-order valence-electron chi connectivity index (χ3n) is 3.90. The number of nitrogens with zero attached hydrogens (tertiary/aromatic N) is 2. The van der Waals surface area contributed by atoms with Crippen LogP contribution >= 0.6 is 23.1 Å². The number of thioether (sulfide) groups is 1. The number of carbonyl (C=O) groups is 1. The summed E-state index contributed by atoms with van der Waals surface area (Å²) >= 11 is 2.98. The highest BCUT2D eigenvalue weighted by molar-refractivity contribution is 8.04. The molecular weight excluding hydrogens is 316 g/mol. The van der Waals surface area contributed by atoms with E-state index in [1.807, 2.05) is 0 Å². The summed E-state index contributed by atoms with van der Waals surface area (Å²) in [6, 6.07) is 0. The zero-order chi connectivity index (χ0) is 15.9. The molecule has 2 aromatic rings. The summed E-state index contributed by atoms with van der Waals surface area (Å²) < 4.78 is 0. The molecule has 1 aliphatic carbocycles. The van der Waals surface area contributed by atoms with Crippen LogP contribution in [0.2, 0.25) is 0 Å². The number of ketones is 1. The first-order valence-corrected chi connectivity index (χ1v) is 8.94. The number of Topliss-reactive ketones (excluding diaryl/α,β-unsaturated/α-hetero) is 1. The van der Waals surface area contributed by atoms with E-state index in [0.29, 0.717) is 10.8 Å². The number of hydrogen-bond donors (Lipinski definition) is 1. The molecule has 116 valence electrons. The van der Waals surface area contributed by atoms with E-state index in [1.54, 1.807) is 17.7 Å². The van der Waals surface area contributed by atoms with Crippen molar-refractivity contribution in [3.8, 4) is 0 Å². The molecule has 1 atom stereocenters. The standard InChI is InChI=1S/C16H18N2O2S2/c1-8-4-5-11-12(6-8)21-15-13(11)16(18-7-17-15)22-14(9(2)19)10(3)20/h7-8,19H,4-6H2,1-3H3/b14-9-/t8-/m1/s1. The molecule has 0 aliphatic heterocycles. The number of thiophene rings is 1. The second-order valence-electron chi connectivity index (χ2n) is 5.78. The number of allylic oxidation sites excluding steroid dienone is 2. The van der Waals surface area contributed by atoms with Crippen LogP contribution in [-0.4, -0.2) is 20.9 Å². The van der Waals surface area contributed by atoms with Gasteiger partial charge in [-0.15, -0.1) is 11.3 Å². The molecule has 4 nitrogen and oxygen atoms in total. The lowest BCUT2D eigenvalue weighted by atomic mass is 9.89. The van der Waals surface area contributed by atoms with Crippen molar-refractivity contribution < 1.29 is 9.90 Å². The normalized spacial score (nSPS) is 19.0. The van der Waals surface area contributed by atoms with Gasteiger partial charge in [-0.05, 0) is 44.6 Å². The number of carbonyl (C=O) groups excluding carboxylic acids is 1. The fraction of sp³-hybridized carbons (Fsp3) is 0.438. The van der Waals surface area contributed by atoms with E-state index in [-0.39, 0.29) is 11.5 Å². The third kappa shape index (κ3) is 2.77. The van der Waals surface area contributed by atoms with E-state index in [9.17, 15) is 9.90 Å². The van der Waals surface area contributed by atoms with Crippen LogP contribution in [0.3, 0.4) is 0 Å². The van der Waals surface area contributed by atoms with Gasteiger partial charge in [0.05, 0.1) is 4.91 Å². The molecule has 0 saturated heterocycles. The summed E-state index contributed by atoms with van der Waals surface area (Å²) in [5.74, 6) is 0.605. The summed E-state index contributed by atoms with van der Waals surface area (Å²) in [7, 11) is 0. The Morgan fingerprint density at radius 1 is 1.41 bits per heavy atom. The average Bonchev–Trinajstić information content (AvgIpc) is 2.81. The van der Waals surface area contributed by atoms with Crippen molar-refractivity contribution in [2.75, 3.05) is 0 Å². The number of aliphatic hydroxyl groups excluding tert-OH is 1. The van der Waals surface area contributed by atoms with Gasteiger partial charge in [-0.3, -0.25) is 4.79 Å². The molecule has 6 heteroatoms. The first kappa shape index (κ1) is 15.5. The van der Waals surface area contributed by atoms with Gasteiger partial charge in [-0.25, -0.2) is 9.97 Å². The Morgan fingerprint density at radius 3 is 2.86 bits per heavy atom. The summed E-state index contributed by atoms with van der Waals surface area (Å²) in [6.45, 7) is 5.28. The fourth-order valence-electron chi connectivity index (χ4n) is 2.82. The maximum Gasteiger partial charge on any atom is 0.169 e. The van der Waals surface area contributed by atoms with Gasteiger partial charge in [-0.2, -0.15) is 0 Å². The number of aliphatic hydroxyl groups is 1. The van der Waals surface area contributed by atoms with Crippen LogP contribution in [-0.2, 0) is 17.6 Å². The summed E-state index contributed by atoms with van der Waals surface area (Å²) in [6.07, 6.45) is 4.84. The van der Waals surface area contributed by atoms with Gasteiger partial charge in [0.1, 0.15) is 21.9 Å². The maximum atomic E-state index is 11.7. The largest absolute Gasteiger partial charge is 0.511 e. The van der Waals surface area contributed by atoms with Gasteiger partial charge in [0.15, 0.2) is 5.78 Å². The minimum Gasteiger partial charge on any atom is -0.511 e. The molecule has 0 aromatic carbocycles. The van der Waals surface area contributed by atoms with Crippen molar-refractivity contribution in [3.05, 3.63) is 27.4 Å². The van der Waals surface area contributed by atoms with Gasteiger partial charge >= 0.3 is 0 Å². The smallest absolute Gasteiger partial charge is 0.169 e. The third-order valence-corrected chi connectivity index (χ3v) is 6.36.